The van der Waals surface area contributed by atoms with Crippen LogP contribution in [0.15, 0.2) is 62.2 Å². The van der Waals surface area contributed by atoms with Gasteiger partial charge >= 0.3 is 5.97 Å². The second kappa shape index (κ2) is 12.4. The summed E-state index contributed by atoms with van der Waals surface area (Å²) in [4.78, 5) is 18.7. The van der Waals surface area contributed by atoms with Crippen molar-refractivity contribution in [3.05, 3.63) is 67.8 Å². The number of amides is 1. The zero-order valence-corrected chi connectivity index (χ0v) is 10.1. The van der Waals surface area contributed by atoms with Crippen molar-refractivity contribution in [1.82, 2.24) is 0 Å². The van der Waals surface area contributed by atoms with E-state index in [1.165, 1.54) is 5.56 Å². The van der Waals surface area contributed by atoms with Gasteiger partial charge < -0.3 is 10.8 Å². The molecule has 0 heterocycles. The molecule has 0 atom stereocenters. The third kappa shape index (κ3) is 15.8. The predicted octanol–water partition coefficient (Wildman–Crippen LogP) is 2.24. The minimum Gasteiger partial charge on any atom is -0.478 e. The van der Waals surface area contributed by atoms with Crippen LogP contribution in [0.5, 0.6) is 0 Å². The molecule has 0 saturated heterocycles. The Balaban J connectivity index is 0. The second-order valence-electron chi connectivity index (χ2n) is 2.76. The van der Waals surface area contributed by atoms with Gasteiger partial charge in [-0.15, -0.1) is 0 Å². The minimum absolute atomic E-state index is 0.481. The van der Waals surface area contributed by atoms with E-state index in [0.717, 1.165) is 12.2 Å². The summed E-state index contributed by atoms with van der Waals surface area (Å²) in [5.74, 6) is -1.46. The Labute approximate surface area is 107 Å². The number of benzene rings is 1. The number of hydrogen-bond donors (Lipinski definition) is 2. The Morgan fingerprint density at radius 1 is 1.06 bits per heavy atom. The van der Waals surface area contributed by atoms with Crippen molar-refractivity contribution in [2.24, 2.45) is 5.73 Å². The van der Waals surface area contributed by atoms with Gasteiger partial charge in [-0.25, -0.2) is 4.79 Å². The number of carbonyl (C=O) groups excluding carboxylic acids is 1. The summed E-state index contributed by atoms with van der Waals surface area (Å²) in [5.41, 5.74) is 5.71. The monoisotopic (exact) mass is 247 g/mol. The standard InChI is InChI=1S/C8H8.C3H5NO.C3H4O2/c1-2-8-6-4-3-5-7-8;2*1-2-3(4)5/h2-7H,1H2;2H,1H2,(H2,4,5);2H,1H2,(H,4,5). The van der Waals surface area contributed by atoms with Gasteiger partial charge in [0, 0.05) is 6.08 Å². The third-order valence-corrected chi connectivity index (χ3v) is 1.41. The van der Waals surface area contributed by atoms with Gasteiger partial charge in [-0.1, -0.05) is 56.1 Å². The highest BCUT2D eigenvalue weighted by Gasteiger charge is 1.75. The molecule has 18 heavy (non-hydrogen) atoms. The summed E-state index contributed by atoms with van der Waals surface area (Å²) in [6, 6.07) is 10.0. The molecule has 0 bridgehead atoms. The van der Waals surface area contributed by atoms with E-state index < -0.39 is 11.9 Å². The smallest absolute Gasteiger partial charge is 0.327 e. The van der Waals surface area contributed by atoms with E-state index in [1.54, 1.807) is 0 Å². The Morgan fingerprint density at radius 2 is 1.44 bits per heavy atom. The highest BCUT2D eigenvalue weighted by Crippen LogP contribution is 1.97. The highest BCUT2D eigenvalue weighted by molar-refractivity contribution is 5.84. The molecule has 0 unspecified atom stereocenters. The molecule has 0 aliphatic rings. The first-order valence-electron chi connectivity index (χ1n) is 4.92. The van der Waals surface area contributed by atoms with Crippen molar-refractivity contribution < 1.29 is 14.7 Å². The molecular weight excluding hydrogens is 230 g/mol. The number of carboxylic acid groups (broad SMARTS) is 1. The van der Waals surface area contributed by atoms with Crippen LogP contribution in [-0.2, 0) is 9.59 Å². The van der Waals surface area contributed by atoms with Crippen molar-refractivity contribution in [2.75, 3.05) is 0 Å². The van der Waals surface area contributed by atoms with Crippen molar-refractivity contribution in [3.8, 4) is 0 Å². The molecule has 4 nitrogen and oxygen atoms in total. The Hall–Kier alpha value is -2.62. The van der Waals surface area contributed by atoms with Crippen molar-refractivity contribution in [1.29, 1.82) is 0 Å². The zero-order valence-electron chi connectivity index (χ0n) is 10.1. The van der Waals surface area contributed by atoms with Crippen LogP contribution in [0, 0.1) is 0 Å². The highest BCUT2D eigenvalue weighted by atomic mass is 16.4. The fraction of sp³-hybridized carbons (Fsp3) is 0. The molecule has 1 amide bonds. The van der Waals surface area contributed by atoms with Crippen molar-refractivity contribution >= 4 is 18.0 Å². The van der Waals surface area contributed by atoms with E-state index in [1.807, 2.05) is 36.4 Å². The molecule has 1 rings (SSSR count). The lowest BCUT2D eigenvalue weighted by molar-refractivity contribution is -0.131. The number of hydrogen-bond acceptors (Lipinski definition) is 2. The van der Waals surface area contributed by atoms with Gasteiger partial charge in [0.1, 0.15) is 0 Å². The Bertz CT molecular complexity index is 379. The lowest BCUT2D eigenvalue weighted by Gasteiger charge is -1.85. The topological polar surface area (TPSA) is 80.4 Å². The Morgan fingerprint density at radius 3 is 1.61 bits per heavy atom. The van der Waals surface area contributed by atoms with E-state index in [-0.39, 0.29) is 0 Å². The van der Waals surface area contributed by atoms with Crippen LogP contribution >= 0.6 is 0 Å². The molecule has 3 N–H and O–H groups in total. The lowest BCUT2D eigenvalue weighted by Crippen LogP contribution is -2.04. The molecular formula is C14H17NO3. The number of carbonyl (C=O) groups is 2. The van der Waals surface area contributed by atoms with Gasteiger partial charge in [-0.3, -0.25) is 4.79 Å². The molecule has 1 aromatic carbocycles. The van der Waals surface area contributed by atoms with E-state index in [0.29, 0.717) is 0 Å². The van der Waals surface area contributed by atoms with E-state index in [2.05, 4.69) is 25.5 Å². The number of carboxylic acids is 1. The zero-order chi connectivity index (χ0) is 14.4. The average molecular weight is 247 g/mol. The summed E-state index contributed by atoms with van der Waals surface area (Å²) < 4.78 is 0. The Kier molecular flexibility index (Phi) is 12.3. The quantitative estimate of drug-likeness (QED) is 0.804. The van der Waals surface area contributed by atoms with E-state index in [4.69, 9.17) is 5.11 Å². The summed E-state index contributed by atoms with van der Waals surface area (Å²) in [7, 11) is 0. The van der Waals surface area contributed by atoms with Crippen LogP contribution in [0.2, 0.25) is 0 Å². The summed E-state index contributed by atoms with van der Waals surface area (Å²) in [5, 5.41) is 7.60. The fourth-order valence-corrected chi connectivity index (χ4v) is 0.589. The van der Waals surface area contributed by atoms with Gasteiger partial charge in [0.2, 0.25) is 5.91 Å². The van der Waals surface area contributed by atoms with Crippen LogP contribution in [0.4, 0.5) is 0 Å². The van der Waals surface area contributed by atoms with Crippen LogP contribution in [0.25, 0.3) is 6.08 Å². The maximum Gasteiger partial charge on any atom is 0.327 e. The molecule has 0 radical (unpaired) electrons. The van der Waals surface area contributed by atoms with Crippen molar-refractivity contribution in [3.63, 3.8) is 0 Å². The molecule has 0 fully saturated rings. The predicted molar refractivity (Wildman–Crippen MR) is 73.8 cm³/mol. The largest absolute Gasteiger partial charge is 0.478 e. The maximum absolute atomic E-state index is 9.47. The van der Waals surface area contributed by atoms with Gasteiger partial charge in [-0.05, 0) is 11.6 Å². The normalized spacial score (nSPS) is 7.33. The lowest BCUT2D eigenvalue weighted by atomic mass is 10.2. The molecule has 0 spiro atoms. The number of nitrogens with two attached hydrogens (primary N) is 1. The average Bonchev–Trinajstić information content (AvgIpc) is 2.41. The first-order valence-corrected chi connectivity index (χ1v) is 4.92. The minimum atomic E-state index is -0.981. The van der Waals surface area contributed by atoms with Crippen LogP contribution in [-0.4, -0.2) is 17.0 Å². The number of aliphatic carboxylic acids is 1. The van der Waals surface area contributed by atoms with E-state index in [9.17, 15) is 9.59 Å². The number of primary amides is 1. The molecule has 0 aromatic heterocycles. The first-order chi connectivity index (χ1) is 8.47. The third-order valence-electron chi connectivity index (χ3n) is 1.41. The molecule has 0 aliphatic carbocycles. The van der Waals surface area contributed by atoms with Gasteiger partial charge in [0.15, 0.2) is 0 Å². The maximum atomic E-state index is 9.47. The molecule has 0 saturated carbocycles. The molecule has 4 heteroatoms. The van der Waals surface area contributed by atoms with Crippen LogP contribution in [0.1, 0.15) is 5.56 Å². The van der Waals surface area contributed by atoms with Crippen LogP contribution < -0.4 is 5.73 Å². The van der Waals surface area contributed by atoms with Crippen molar-refractivity contribution in [2.45, 2.75) is 0 Å². The number of rotatable bonds is 3. The SMILES string of the molecule is C=CC(=O)O.C=CC(N)=O.C=Cc1ccccc1. The molecule has 1 aromatic rings. The van der Waals surface area contributed by atoms with Crippen LogP contribution in [0.3, 0.4) is 0 Å². The molecule has 96 valence electrons. The van der Waals surface area contributed by atoms with Gasteiger partial charge in [-0.2, -0.15) is 0 Å². The van der Waals surface area contributed by atoms with Gasteiger partial charge in [0.25, 0.3) is 0 Å². The fourth-order valence-electron chi connectivity index (χ4n) is 0.589. The summed E-state index contributed by atoms with van der Waals surface area (Å²) in [6.07, 6.45) is 3.72. The second-order valence-corrected chi connectivity index (χ2v) is 2.76. The summed E-state index contributed by atoms with van der Waals surface area (Å²) in [6.45, 7) is 9.68. The first kappa shape index (κ1) is 17.8. The van der Waals surface area contributed by atoms with E-state index >= 15 is 0 Å². The van der Waals surface area contributed by atoms with Gasteiger partial charge in [0.05, 0.1) is 0 Å². The summed E-state index contributed by atoms with van der Waals surface area (Å²) >= 11 is 0. The molecule has 0 aliphatic heterocycles.